The van der Waals surface area contributed by atoms with Gasteiger partial charge in [0.25, 0.3) is 5.56 Å². The lowest BCUT2D eigenvalue weighted by molar-refractivity contribution is 0.0646. The molecule has 2 heterocycles. The third kappa shape index (κ3) is 4.68. The molecule has 9 heteroatoms. The van der Waals surface area contributed by atoms with Crippen LogP contribution in [0.1, 0.15) is 20.8 Å². The Morgan fingerprint density at radius 3 is 2.45 bits per heavy atom. The molecule has 7 nitrogen and oxygen atoms in total. The Morgan fingerprint density at radius 2 is 1.79 bits per heavy atom. The van der Waals surface area contributed by atoms with Crippen molar-refractivity contribution in [1.29, 1.82) is 0 Å². The Kier molecular flexibility index (Phi) is 5.82. The van der Waals surface area contributed by atoms with Crippen LogP contribution in [-0.4, -0.2) is 31.3 Å². The van der Waals surface area contributed by atoms with E-state index in [0.29, 0.717) is 11.1 Å². The first-order valence-electron chi connectivity index (χ1n) is 10.2. The average Bonchev–Trinajstić information content (AvgIpc) is 2.76. The summed E-state index contributed by atoms with van der Waals surface area (Å²) in [6.07, 6.45) is 1.48. The van der Waals surface area contributed by atoms with Gasteiger partial charge in [0.05, 0.1) is 17.3 Å². The molecule has 0 amide bonds. The SMILES string of the molecule is CC(Nc1ncc2cc(Oc3ccccc3F)c(=O)n(-c3ccc(F)cc3)c2n1)C(C)(C)O. The summed E-state index contributed by atoms with van der Waals surface area (Å²) in [6, 6.07) is 12.0. The largest absolute Gasteiger partial charge is 0.448 e. The number of pyridine rings is 1. The van der Waals surface area contributed by atoms with Crippen molar-refractivity contribution < 1.29 is 18.6 Å². The van der Waals surface area contributed by atoms with Crippen LogP contribution in [0.15, 0.2) is 65.6 Å². The molecule has 170 valence electrons. The Labute approximate surface area is 188 Å². The number of halogens is 2. The molecule has 33 heavy (non-hydrogen) atoms. The zero-order valence-corrected chi connectivity index (χ0v) is 18.2. The molecule has 0 bridgehead atoms. The van der Waals surface area contributed by atoms with Gasteiger partial charge in [-0.3, -0.25) is 9.36 Å². The fraction of sp³-hybridized carbons (Fsp3) is 0.208. The number of nitrogens with one attached hydrogen (secondary N) is 1. The van der Waals surface area contributed by atoms with E-state index in [9.17, 15) is 18.7 Å². The summed E-state index contributed by atoms with van der Waals surface area (Å²) in [5, 5.41) is 13.7. The third-order valence-corrected chi connectivity index (χ3v) is 5.25. The number of anilines is 1. The summed E-state index contributed by atoms with van der Waals surface area (Å²) in [4.78, 5) is 22.1. The van der Waals surface area contributed by atoms with E-state index in [-0.39, 0.29) is 23.1 Å². The van der Waals surface area contributed by atoms with Gasteiger partial charge in [0, 0.05) is 11.6 Å². The lowest BCUT2D eigenvalue weighted by Gasteiger charge is -2.26. The van der Waals surface area contributed by atoms with E-state index in [1.807, 2.05) is 0 Å². The molecule has 0 saturated heterocycles. The highest BCUT2D eigenvalue weighted by Gasteiger charge is 2.23. The normalized spacial score (nSPS) is 12.5. The second kappa shape index (κ2) is 8.59. The maximum absolute atomic E-state index is 14.1. The van der Waals surface area contributed by atoms with Gasteiger partial charge in [-0.25, -0.2) is 13.8 Å². The summed E-state index contributed by atoms with van der Waals surface area (Å²) in [5.74, 6) is -1.16. The van der Waals surface area contributed by atoms with E-state index in [1.165, 1.54) is 59.3 Å². The molecule has 0 fully saturated rings. The molecular formula is C24H22F2N4O3. The van der Waals surface area contributed by atoms with Crippen molar-refractivity contribution in [3.63, 3.8) is 0 Å². The lowest BCUT2D eigenvalue weighted by Crippen LogP contribution is -2.39. The summed E-state index contributed by atoms with van der Waals surface area (Å²) in [7, 11) is 0. The average molecular weight is 452 g/mol. The van der Waals surface area contributed by atoms with Crippen LogP contribution in [-0.2, 0) is 0 Å². The molecule has 2 aromatic carbocycles. The third-order valence-electron chi connectivity index (χ3n) is 5.25. The van der Waals surface area contributed by atoms with Crippen LogP contribution in [0.5, 0.6) is 11.5 Å². The van der Waals surface area contributed by atoms with E-state index in [4.69, 9.17) is 4.74 Å². The monoisotopic (exact) mass is 452 g/mol. The number of ether oxygens (including phenoxy) is 1. The van der Waals surface area contributed by atoms with Crippen LogP contribution < -0.4 is 15.6 Å². The first kappa shape index (κ1) is 22.3. The van der Waals surface area contributed by atoms with Gasteiger partial charge in [-0.2, -0.15) is 4.98 Å². The number of aromatic nitrogens is 3. The summed E-state index contributed by atoms with van der Waals surface area (Å²) in [6.45, 7) is 5.06. The standard InChI is InChI=1S/C24H22F2N4O3/c1-14(24(2,3)32)28-23-27-13-15-12-20(33-19-7-5-4-6-18(19)26)22(31)30(21(15)29-23)17-10-8-16(25)9-11-17/h4-14,32H,1-3H3,(H,27,28,29). The fourth-order valence-corrected chi connectivity index (χ4v) is 3.06. The topological polar surface area (TPSA) is 89.3 Å². The number of nitrogens with zero attached hydrogens (tertiary/aromatic N) is 3. The maximum atomic E-state index is 14.1. The number of hydrogen-bond donors (Lipinski definition) is 2. The molecule has 2 aromatic heterocycles. The second-order valence-corrected chi connectivity index (χ2v) is 8.15. The van der Waals surface area contributed by atoms with E-state index in [2.05, 4.69) is 15.3 Å². The molecule has 1 unspecified atom stereocenters. The van der Waals surface area contributed by atoms with Crippen molar-refractivity contribution >= 4 is 17.0 Å². The molecule has 0 aliphatic carbocycles. The van der Waals surface area contributed by atoms with Crippen LogP contribution in [0.25, 0.3) is 16.7 Å². The molecule has 4 aromatic rings. The number of fused-ring (bicyclic) bond motifs is 1. The molecule has 0 aliphatic rings. The highest BCUT2D eigenvalue weighted by molar-refractivity contribution is 5.78. The number of aliphatic hydroxyl groups is 1. The predicted octanol–water partition coefficient (Wildman–Crippen LogP) is 4.42. The van der Waals surface area contributed by atoms with Crippen LogP contribution >= 0.6 is 0 Å². The molecule has 1 atom stereocenters. The van der Waals surface area contributed by atoms with Crippen LogP contribution in [0, 0.1) is 11.6 Å². The summed E-state index contributed by atoms with van der Waals surface area (Å²) >= 11 is 0. The Morgan fingerprint density at radius 1 is 1.09 bits per heavy atom. The van der Waals surface area contributed by atoms with E-state index < -0.39 is 28.8 Å². The van der Waals surface area contributed by atoms with Crippen molar-refractivity contribution in [1.82, 2.24) is 14.5 Å². The van der Waals surface area contributed by atoms with Crippen molar-refractivity contribution in [2.45, 2.75) is 32.4 Å². The second-order valence-electron chi connectivity index (χ2n) is 8.15. The van der Waals surface area contributed by atoms with Crippen molar-refractivity contribution in [2.24, 2.45) is 0 Å². The minimum atomic E-state index is -1.05. The summed E-state index contributed by atoms with van der Waals surface area (Å²) < 4.78 is 34.5. The van der Waals surface area contributed by atoms with Crippen molar-refractivity contribution in [3.05, 3.63) is 82.8 Å². The number of rotatable bonds is 6. The molecule has 2 N–H and O–H groups in total. The van der Waals surface area contributed by atoms with Gasteiger partial charge in [0.2, 0.25) is 5.95 Å². The van der Waals surface area contributed by atoms with Gasteiger partial charge in [-0.1, -0.05) is 12.1 Å². The number of benzene rings is 2. The molecule has 0 radical (unpaired) electrons. The predicted molar refractivity (Wildman–Crippen MR) is 121 cm³/mol. The highest BCUT2D eigenvalue weighted by atomic mass is 19.1. The van der Waals surface area contributed by atoms with Crippen LogP contribution in [0.3, 0.4) is 0 Å². The Hall–Kier alpha value is -3.85. The van der Waals surface area contributed by atoms with Crippen molar-refractivity contribution in [2.75, 3.05) is 5.32 Å². The molecule has 0 saturated carbocycles. The number of para-hydroxylation sites is 1. The minimum Gasteiger partial charge on any atom is -0.448 e. The van der Waals surface area contributed by atoms with E-state index in [0.717, 1.165) is 0 Å². The molecule has 0 aliphatic heterocycles. The van der Waals surface area contributed by atoms with Crippen LogP contribution in [0.4, 0.5) is 14.7 Å². The zero-order chi connectivity index (χ0) is 23.8. The summed E-state index contributed by atoms with van der Waals surface area (Å²) in [5.41, 5.74) is -1.09. The molecule has 0 spiro atoms. The Balaban J connectivity index is 1.89. The van der Waals surface area contributed by atoms with E-state index in [1.54, 1.807) is 26.8 Å². The van der Waals surface area contributed by atoms with Crippen LogP contribution in [0.2, 0.25) is 0 Å². The van der Waals surface area contributed by atoms with Gasteiger partial charge >= 0.3 is 0 Å². The van der Waals surface area contributed by atoms with E-state index >= 15 is 0 Å². The van der Waals surface area contributed by atoms with Gasteiger partial charge in [0.15, 0.2) is 23.0 Å². The van der Waals surface area contributed by atoms with Gasteiger partial charge in [-0.05, 0) is 63.2 Å². The fourth-order valence-electron chi connectivity index (χ4n) is 3.06. The Bertz CT molecular complexity index is 1370. The quantitative estimate of drug-likeness (QED) is 0.450. The molecular weight excluding hydrogens is 430 g/mol. The maximum Gasteiger partial charge on any atom is 0.299 e. The smallest absolute Gasteiger partial charge is 0.299 e. The van der Waals surface area contributed by atoms with Gasteiger partial charge in [-0.15, -0.1) is 0 Å². The first-order chi connectivity index (χ1) is 15.6. The lowest BCUT2D eigenvalue weighted by atomic mass is 10.0. The van der Waals surface area contributed by atoms with Crippen molar-refractivity contribution in [3.8, 4) is 17.2 Å². The zero-order valence-electron chi connectivity index (χ0n) is 18.2. The van der Waals surface area contributed by atoms with Gasteiger partial charge < -0.3 is 15.2 Å². The number of hydrogen-bond acceptors (Lipinski definition) is 6. The highest BCUT2D eigenvalue weighted by Crippen LogP contribution is 2.26. The minimum absolute atomic E-state index is 0.113. The van der Waals surface area contributed by atoms with Gasteiger partial charge in [0.1, 0.15) is 5.82 Å². The molecule has 4 rings (SSSR count). The first-order valence-corrected chi connectivity index (χ1v) is 10.2.